The second-order valence-electron chi connectivity index (χ2n) is 4.24. The number of nitrogen functional groups attached to an aromatic ring is 1. The number of benzene rings is 2. The summed E-state index contributed by atoms with van der Waals surface area (Å²) in [6.45, 7) is -0.0902. The lowest BCUT2D eigenvalue weighted by molar-refractivity contribution is -0.118. The Labute approximate surface area is 131 Å². The Morgan fingerprint density at radius 2 is 1.86 bits per heavy atom. The highest BCUT2D eigenvalue weighted by Crippen LogP contribution is 2.24. The van der Waals surface area contributed by atoms with Gasteiger partial charge in [-0.3, -0.25) is 4.79 Å². The number of ether oxygens (including phenoxy) is 2. The van der Waals surface area contributed by atoms with Crippen molar-refractivity contribution in [2.75, 3.05) is 24.8 Å². The van der Waals surface area contributed by atoms with Gasteiger partial charge in [0.05, 0.1) is 18.5 Å². The molecule has 0 aromatic heterocycles. The molecule has 2 rings (SSSR count). The largest absolute Gasteiger partial charge is 0.497 e. The van der Waals surface area contributed by atoms with Gasteiger partial charge in [0.15, 0.2) is 6.61 Å². The van der Waals surface area contributed by atoms with Crippen molar-refractivity contribution in [2.45, 2.75) is 0 Å². The third-order valence-corrected chi connectivity index (χ3v) is 3.25. The lowest BCUT2D eigenvalue weighted by Gasteiger charge is -2.10. The second kappa shape index (κ2) is 6.99. The molecule has 0 bridgehead atoms. The van der Waals surface area contributed by atoms with Crippen LogP contribution >= 0.6 is 15.9 Å². The smallest absolute Gasteiger partial charge is 0.262 e. The van der Waals surface area contributed by atoms with Crippen molar-refractivity contribution in [3.8, 4) is 11.5 Å². The topological polar surface area (TPSA) is 73.6 Å². The first-order chi connectivity index (χ1) is 10.1. The van der Waals surface area contributed by atoms with Crippen molar-refractivity contribution in [3.05, 3.63) is 46.9 Å². The third-order valence-electron chi connectivity index (χ3n) is 2.72. The molecule has 0 aliphatic heterocycles. The van der Waals surface area contributed by atoms with Crippen LogP contribution in [0.1, 0.15) is 0 Å². The standard InChI is InChI=1S/C15H15BrN2O3/c1-20-12-6-7-14(13(17)8-12)18-15(19)9-21-11-4-2-10(16)3-5-11/h2-8H,9,17H2,1H3,(H,18,19). The Morgan fingerprint density at radius 1 is 1.19 bits per heavy atom. The van der Waals surface area contributed by atoms with Gasteiger partial charge < -0.3 is 20.5 Å². The number of methoxy groups -OCH3 is 1. The number of nitrogens with one attached hydrogen (secondary N) is 1. The van der Waals surface area contributed by atoms with E-state index in [0.29, 0.717) is 22.9 Å². The first-order valence-corrected chi connectivity index (χ1v) is 6.99. The molecule has 0 spiro atoms. The van der Waals surface area contributed by atoms with E-state index in [2.05, 4.69) is 21.2 Å². The van der Waals surface area contributed by atoms with Crippen LogP contribution in [0.15, 0.2) is 46.9 Å². The zero-order valence-electron chi connectivity index (χ0n) is 11.4. The summed E-state index contributed by atoms with van der Waals surface area (Å²) in [6.07, 6.45) is 0. The fraction of sp³-hybridized carbons (Fsp3) is 0.133. The van der Waals surface area contributed by atoms with Crippen LogP contribution in [0.25, 0.3) is 0 Å². The van der Waals surface area contributed by atoms with Crippen LogP contribution in [-0.4, -0.2) is 19.6 Å². The van der Waals surface area contributed by atoms with E-state index in [0.717, 1.165) is 4.47 Å². The molecule has 5 nitrogen and oxygen atoms in total. The molecule has 0 aliphatic carbocycles. The maximum atomic E-state index is 11.8. The van der Waals surface area contributed by atoms with Gasteiger partial charge in [-0.2, -0.15) is 0 Å². The number of halogens is 1. The number of rotatable bonds is 5. The highest BCUT2D eigenvalue weighted by atomic mass is 79.9. The Bertz CT molecular complexity index is 629. The highest BCUT2D eigenvalue weighted by Gasteiger charge is 2.07. The molecule has 2 aromatic carbocycles. The summed E-state index contributed by atoms with van der Waals surface area (Å²) in [5.41, 5.74) is 6.79. The molecular weight excluding hydrogens is 336 g/mol. The van der Waals surface area contributed by atoms with Gasteiger partial charge >= 0.3 is 0 Å². The summed E-state index contributed by atoms with van der Waals surface area (Å²) in [5, 5.41) is 2.69. The summed E-state index contributed by atoms with van der Waals surface area (Å²) in [7, 11) is 1.55. The molecule has 0 heterocycles. The van der Waals surface area contributed by atoms with E-state index >= 15 is 0 Å². The van der Waals surface area contributed by atoms with Gasteiger partial charge in [-0.05, 0) is 36.4 Å². The van der Waals surface area contributed by atoms with Gasteiger partial charge in [0.2, 0.25) is 0 Å². The van der Waals surface area contributed by atoms with Gasteiger partial charge in [0.25, 0.3) is 5.91 Å². The van der Waals surface area contributed by atoms with Crippen LogP contribution in [0, 0.1) is 0 Å². The van der Waals surface area contributed by atoms with E-state index in [4.69, 9.17) is 15.2 Å². The van der Waals surface area contributed by atoms with Crippen LogP contribution in [-0.2, 0) is 4.79 Å². The molecule has 0 saturated heterocycles. The lowest BCUT2D eigenvalue weighted by Crippen LogP contribution is -2.20. The van der Waals surface area contributed by atoms with Crippen molar-refractivity contribution in [1.82, 2.24) is 0 Å². The van der Waals surface area contributed by atoms with Crippen LogP contribution in [0.3, 0.4) is 0 Å². The Hall–Kier alpha value is -2.21. The molecule has 0 saturated carbocycles. The molecule has 3 N–H and O–H groups in total. The molecule has 2 aromatic rings. The average Bonchev–Trinajstić information content (AvgIpc) is 2.48. The molecule has 110 valence electrons. The number of carbonyl (C=O) groups is 1. The number of hydrogen-bond acceptors (Lipinski definition) is 4. The molecular formula is C15H15BrN2O3. The fourth-order valence-corrected chi connectivity index (χ4v) is 1.91. The zero-order chi connectivity index (χ0) is 15.2. The average molecular weight is 351 g/mol. The predicted molar refractivity (Wildman–Crippen MR) is 85.7 cm³/mol. The fourth-order valence-electron chi connectivity index (χ4n) is 1.65. The van der Waals surface area contributed by atoms with E-state index < -0.39 is 0 Å². The molecule has 0 unspecified atom stereocenters. The van der Waals surface area contributed by atoms with Crippen molar-refractivity contribution in [2.24, 2.45) is 0 Å². The number of amides is 1. The Kier molecular flexibility index (Phi) is 5.05. The third kappa shape index (κ3) is 4.39. The SMILES string of the molecule is COc1ccc(NC(=O)COc2ccc(Br)cc2)c(N)c1. The minimum atomic E-state index is -0.283. The maximum Gasteiger partial charge on any atom is 0.262 e. The van der Waals surface area contributed by atoms with Crippen LogP contribution in [0.2, 0.25) is 0 Å². The quantitative estimate of drug-likeness (QED) is 0.812. The van der Waals surface area contributed by atoms with Crippen LogP contribution in [0.5, 0.6) is 11.5 Å². The normalized spacial score (nSPS) is 10.0. The Morgan fingerprint density at radius 3 is 2.48 bits per heavy atom. The molecule has 1 amide bonds. The van der Waals surface area contributed by atoms with Gasteiger partial charge in [-0.1, -0.05) is 15.9 Å². The first kappa shape index (κ1) is 15.2. The summed E-state index contributed by atoms with van der Waals surface area (Å²) < 4.78 is 11.4. The minimum Gasteiger partial charge on any atom is -0.497 e. The maximum absolute atomic E-state index is 11.8. The van der Waals surface area contributed by atoms with E-state index in [9.17, 15) is 4.79 Å². The second-order valence-corrected chi connectivity index (χ2v) is 5.16. The van der Waals surface area contributed by atoms with Crippen molar-refractivity contribution in [1.29, 1.82) is 0 Å². The molecule has 0 atom stereocenters. The molecule has 21 heavy (non-hydrogen) atoms. The van der Waals surface area contributed by atoms with Crippen LogP contribution in [0.4, 0.5) is 11.4 Å². The van der Waals surface area contributed by atoms with Gasteiger partial charge in [-0.15, -0.1) is 0 Å². The van der Waals surface area contributed by atoms with E-state index in [1.807, 2.05) is 12.1 Å². The highest BCUT2D eigenvalue weighted by molar-refractivity contribution is 9.10. The van der Waals surface area contributed by atoms with Crippen molar-refractivity contribution < 1.29 is 14.3 Å². The van der Waals surface area contributed by atoms with Crippen molar-refractivity contribution in [3.63, 3.8) is 0 Å². The lowest BCUT2D eigenvalue weighted by atomic mass is 10.2. The van der Waals surface area contributed by atoms with E-state index in [-0.39, 0.29) is 12.5 Å². The number of hydrogen-bond donors (Lipinski definition) is 2. The predicted octanol–water partition coefficient (Wildman–Crippen LogP) is 3.06. The van der Waals surface area contributed by atoms with E-state index in [1.165, 1.54) is 0 Å². The van der Waals surface area contributed by atoms with Crippen LogP contribution < -0.4 is 20.5 Å². The molecule has 0 aliphatic rings. The molecule has 6 heteroatoms. The minimum absolute atomic E-state index is 0.0902. The first-order valence-electron chi connectivity index (χ1n) is 6.20. The van der Waals surface area contributed by atoms with E-state index in [1.54, 1.807) is 37.4 Å². The number of anilines is 2. The summed E-state index contributed by atoms with van der Waals surface area (Å²) in [4.78, 5) is 11.8. The molecule has 0 radical (unpaired) electrons. The van der Waals surface area contributed by atoms with Gasteiger partial charge in [-0.25, -0.2) is 0 Å². The summed E-state index contributed by atoms with van der Waals surface area (Å²) in [6, 6.07) is 12.3. The van der Waals surface area contributed by atoms with Gasteiger partial charge in [0, 0.05) is 10.5 Å². The monoisotopic (exact) mass is 350 g/mol. The summed E-state index contributed by atoms with van der Waals surface area (Å²) in [5.74, 6) is 0.974. The number of carbonyl (C=O) groups excluding carboxylic acids is 1. The number of nitrogens with two attached hydrogens (primary N) is 1. The van der Waals surface area contributed by atoms with Crippen molar-refractivity contribution >= 4 is 33.2 Å². The zero-order valence-corrected chi connectivity index (χ0v) is 13.0. The molecule has 0 fully saturated rings. The summed E-state index contributed by atoms with van der Waals surface area (Å²) >= 11 is 3.33. The Balaban J connectivity index is 1.91. The van der Waals surface area contributed by atoms with Gasteiger partial charge in [0.1, 0.15) is 11.5 Å².